The highest BCUT2D eigenvalue weighted by Crippen LogP contribution is 2.02. The normalized spacial score (nSPS) is 15.2. The average Bonchev–Trinajstić information content (AvgIpc) is 2.60. The predicted octanol–water partition coefficient (Wildman–Crippen LogP) is 4.71. The van der Waals surface area contributed by atoms with E-state index in [2.05, 4.69) is 13.0 Å². The summed E-state index contributed by atoms with van der Waals surface area (Å²) in [5.41, 5.74) is 0. The number of unbranched alkanes of at least 4 members (excludes halogenated alkanes) is 3. The molecule has 2 atom stereocenters. The third-order valence-corrected chi connectivity index (χ3v) is 3.58. The second-order valence-electron chi connectivity index (χ2n) is 6.13. The van der Waals surface area contributed by atoms with Crippen molar-refractivity contribution in [3.63, 3.8) is 0 Å². The van der Waals surface area contributed by atoms with Crippen LogP contribution in [-0.4, -0.2) is 33.5 Å². The summed E-state index contributed by atoms with van der Waals surface area (Å²) >= 11 is 0. The first-order valence-electron chi connectivity index (χ1n) is 9.45. The molecule has 0 heterocycles. The Morgan fingerprint density at radius 3 is 2.04 bits per heavy atom. The first-order valence-corrected chi connectivity index (χ1v) is 9.45. The maximum absolute atomic E-state index is 10.3. The van der Waals surface area contributed by atoms with Gasteiger partial charge in [0.05, 0.1) is 12.2 Å². The highest BCUT2D eigenvalue weighted by Gasteiger charge is 1.95. The van der Waals surface area contributed by atoms with Gasteiger partial charge in [0.25, 0.3) is 0 Å². The van der Waals surface area contributed by atoms with Crippen molar-refractivity contribution in [3.05, 3.63) is 60.8 Å². The molecule has 0 aromatic carbocycles. The van der Waals surface area contributed by atoms with Crippen LogP contribution >= 0.6 is 0 Å². The number of hydrogen-bond donors (Lipinski definition) is 3. The van der Waals surface area contributed by atoms with Crippen LogP contribution in [0.3, 0.4) is 0 Å². The number of carboxylic acids is 1. The molecule has 4 nitrogen and oxygen atoms in total. The smallest absolute Gasteiger partial charge is 0.303 e. The number of aliphatic hydroxyl groups is 2. The SMILES string of the molecule is CCCCCC=CCC(O)C=CC=CCC(O)C=CC=CCCC(=O)O. The van der Waals surface area contributed by atoms with Gasteiger partial charge in [-0.2, -0.15) is 0 Å². The van der Waals surface area contributed by atoms with Crippen molar-refractivity contribution in [1.82, 2.24) is 0 Å². The Kier molecular flexibility index (Phi) is 16.6. The van der Waals surface area contributed by atoms with Gasteiger partial charge in [-0.25, -0.2) is 0 Å². The molecule has 0 rings (SSSR count). The Balaban J connectivity index is 3.85. The molecule has 0 aliphatic carbocycles. The molecule has 0 aromatic heterocycles. The second kappa shape index (κ2) is 17.9. The molecule has 0 saturated carbocycles. The molecule has 4 heteroatoms. The lowest BCUT2D eigenvalue weighted by atomic mass is 10.1. The van der Waals surface area contributed by atoms with E-state index in [4.69, 9.17) is 5.11 Å². The van der Waals surface area contributed by atoms with Crippen LogP contribution in [0.15, 0.2) is 60.8 Å². The summed E-state index contributed by atoms with van der Waals surface area (Å²) in [7, 11) is 0. The van der Waals surface area contributed by atoms with E-state index in [1.165, 1.54) is 19.3 Å². The van der Waals surface area contributed by atoms with Crippen molar-refractivity contribution in [3.8, 4) is 0 Å². The third-order valence-electron chi connectivity index (χ3n) is 3.58. The maximum Gasteiger partial charge on any atom is 0.303 e. The molecule has 3 N–H and O–H groups in total. The molecular formula is C22H34O4. The van der Waals surface area contributed by atoms with Crippen LogP contribution in [0.2, 0.25) is 0 Å². The fourth-order valence-electron chi connectivity index (χ4n) is 2.09. The number of carboxylic acid groups (broad SMARTS) is 1. The molecule has 146 valence electrons. The molecule has 0 radical (unpaired) electrons. The van der Waals surface area contributed by atoms with Gasteiger partial charge in [-0.15, -0.1) is 0 Å². The number of aliphatic carboxylic acids is 1. The van der Waals surface area contributed by atoms with Crippen molar-refractivity contribution in [1.29, 1.82) is 0 Å². The average molecular weight is 363 g/mol. The largest absolute Gasteiger partial charge is 0.481 e. The van der Waals surface area contributed by atoms with Gasteiger partial charge in [-0.05, 0) is 32.1 Å². The van der Waals surface area contributed by atoms with E-state index < -0.39 is 18.2 Å². The summed E-state index contributed by atoms with van der Waals surface area (Å²) in [6.45, 7) is 2.18. The summed E-state index contributed by atoms with van der Waals surface area (Å²) in [5.74, 6) is -0.815. The summed E-state index contributed by atoms with van der Waals surface area (Å²) in [5, 5.41) is 28.1. The zero-order valence-electron chi connectivity index (χ0n) is 15.8. The standard InChI is InChI=1S/C22H34O4/c1-2-3-4-5-6-10-15-20(23)17-12-9-13-18-21(24)16-11-7-8-14-19-22(25)26/h6-13,16-17,20-21,23-24H,2-5,14-15,18-19H2,1H3,(H,25,26). The molecule has 0 aliphatic rings. The second-order valence-corrected chi connectivity index (χ2v) is 6.13. The zero-order valence-corrected chi connectivity index (χ0v) is 15.8. The number of allylic oxidation sites excluding steroid dienone is 6. The summed E-state index contributed by atoms with van der Waals surface area (Å²) in [6.07, 6.45) is 23.6. The Bertz CT molecular complexity index is 486. The highest BCUT2D eigenvalue weighted by molar-refractivity contribution is 5.66. The van der Waals surface area contributed by atoms with Gasteiger partial charge >= 0.3 is 5.97 Å². The minimum Gasteiger partial charge on any atom is -0.481 e. The van der Waals surface area contributed by atoms with Crippen LogP contribution in [-0.2, 0) is 4.79 Å². The number of hydrogen-bond acceptors (Lipinski definition) is 3. The van der Waals surface area contributed by atoms with Crippen molar-refractivity contribution >= 4 is 5.97 Å². The third kappa shape index (κ3) is 18.4. The molecule has 0 fully saturated rings. The van der Waals surface area contributed by atoms with Crippen LogP contribution in [0.5, 0.6) is 0 Å². The van der Waals surface area contributed by atoms with E-state index in [0.29, 0.717) is 19.3 Å². The molecule has 0 bridgehead atoms. The van der Waals surface area contributed by atoms with E-state index in [1.807, 2.05) is 18.2 Å². The summed E-state index contributed by atoms with van der Waals surface area (Å²) in [6, 6.07) is 0. The first-order chi connectivity index (χ1) is 12.6. The quantitative estimate of drug-likeness (QED) is 0.224. The van der Waals surface area contributed by atoms with Gasteiger partial charge in [0.15, 0.2) is 0 Å². The predicted molar refractivity (Wildman–Crippen MR) is 108 cm³/mol. The van der Waals surface area contributed by atoms with Crippen LogP contribution in [0, 0.1) is 0 Å². The Hall–Kier alpha value is -1.91. The molecule has 0 aliphatic heterocycles. The Morgan fingerprint density at radius 1 is 0.808 bits per heavy atom. The fourth-order valence-corrected chi connectivity index (χ4v) is 2.09. The molecule has 0 amide bonds. The van der Waals surface area contributed by atoms with E-state index >= 15 is 0 Å². The van der Waals surface area contributed by atoms with Gasteiger partial charge in [0, 0.05) is 6.42 Å². The fraction of sp³-hybridized carbons (Fsp3) is 0.500. The van der Waals surface area contributed by atoms with Gasteiger partial charge in [0.2, 0.25) is 0 Å². The summed E-state index contributed by atoms with van der Waals surface area (Å²) < 4.78 is 0. The number of rotatable bonds is 15. The van der Waals surface area contributed by atoms with Gasteiger partial charge in [0.1, 0.15) is 0 Å². The van der Waals surface area contributed by atoms with Gasteiger partial charge in [-0.3, -0.25) is 4.79 Å². The molecule has 0 saturated heterocycles. The summed E-state index contributed by atoms with van der Waals surface area (Å²) in [4.78, 5) is 10.3. The van der Waals surface area contributed by atoms with E-state index in [-0.39, 0.29) is 6.42 Å². The van der Waals surface area contributed by atoms with Crippen molar-refractivity contribution in [2.45, 2.75) is 70.5 Å². The first kappa shape index (κ1) is 24.1. The van der Waals surface area contributed by atoms with Crippen molar-refractivity contribution in [2.75, 3.05) is 0 Å². The Morgan fingerprint density at radius 2 is 1.42 bits per heavy atom. The van der Waals surface area contributed by atoms with Crippen LogP contribution in [0.1, 0.15) is 58.3 Å². The monoisotopic (exact) mass is 362 g/mol. The van der Waals surface area contributed by atoms with Crippen LogP contribution in [0.4, 0.5) is 0 Å². The number of aliphatic hydroxyl groups excluding tert-OH is 2. The van der Waals surface area contributed by atoms with E-state index in [1.54, 1.807) is 36.5 Å². The lowest BCUT2D eigenvalue weighted by Gasteiger charge is -2.00. The lowest BCUT2D eigenvalue weighted by molar-refractivity contribution is -0.136. The molecule has 26 heavy (non-hydrogen) atoms. The van der Waals surface area contributed by atoms with Gasteiger partial charge < -0.3 is 15.3 Å². The Labute approximate surface area is 157 Å². The zero-order chi connectivity index (χ0) is 19.5. The molecule has 0 aromatic rings. The number of carbonyl (C=O) groups is 1. The maximum atomic E-state index is 10.3. The van der Waals surface area contributed by atoms with Crippen molar-refractivity contribution < 1.29 is 20.1 Å². The van der Waals surface area contributed by atoms with Crippen molar-refractivity contribution in [2.24, 2.45) is 0 Å². The molecular weight excluding hydrogens is 328 g/mol. The minimum atomic E-state index is -0.815. The highest BCUT2D eigenvalue weighted by atomic mass is 16.4. The molecule has 0 spiro atoms. The van der Waals surface area contributed by atoms with E-state index in [0.717, 1.165) is 6.42 Å². The lowest BCUT2D eigenvalue weighted by Crippen LogP contribution is -1.99. The van der Waals surface area contributed by atoms with Gasteiger partial charge in [-0.1, -0.05) is 80.5 Å². The molecule has 2 unspecified atom stereocenters. The minimum absolute atomic E-state index is 0.114. The van der Waals surface area contributed by atoms with E-state index in [9.17, 15) is 15.0 Å². The van der Waals surface area contributed by atoms with Crippen LogP contribution < -0.4 is 0 Å². The van der Waals surface area contributed by atoms with Crippen LogP contribution in [0.25, 0.3) is 0 Å². The topological polar surface area (TPSA) is 77.8 Å².